The Bertz CT molecular complexity index is 745. The van der Waals surface area contributed by atoms with Gasteiger partial charge in [0, 0.05) is 6.04 Å². The Morgan fingerprint density at radius 2 is 2.00 bits per heavy atom. The number of methoxy groups -OCH3 is 2. The number of rotatable bonds is 7. The van der Waals surface area contributed by atoms with E-state index in [1.54, 1.807) is 24.3 Å². The first-order valence-corrected chi connectivity index (χ1v) is 8.87. The first-order chi connectivity index (χ1) is 12.4. The summed E-state index contributed by atoms with van der Waals surface area (Å²) in [5.41, 5.74) is 0.682. The molecule has 140 valence electrons. The topological polar surface area (TPSA) is 82.1 Å². The van der Waals surface area contributed by atoms with E-state index in [4.69, 9.17) is 9.47 Å². The van der Waals surface area contributed by atoms with Crippen molar-refractivity contribution in [1.82, 2.24) is 4.90 Å². The Labute approximate surface area is 156 Å². The highest BCUT2D eigenvalue weighted by Crippen LogP contribution is 2.35. The van der Waals surface area contributed by atoms with Gasteiger partial charge in [0.15, 0.2) is 18.1 Å². The van der Waals surface area contributed by atoms with E-state index in [0.717, 1.165) is 11.8 Å². The van der Waals surface area contributed by atoms with E-state index >= 15 is 0 Å². The zero-order valence-corrected chi connectivity index (χ0v) is 15.9. The average Bonchev–Trinajstić information content (AvgIpc) is 2.92. The molecule has 0 aliphatic carbocycles. The van der Waals surface area contributed by atoms with E-state index in [1.807, 2.05) is 13.8 Å². The van der Waals surface area contributed by atoms with Crippen LogP contribution in [0.1, 0.15) is 25.8 Å². The van der Waals surface area contributed by atoms with Crippen molar-refractivity contribution in [3.8, 4) is 11.5 Å². The predicted molar refractivity (Wildman–Crippen MR) is 98.1 cm³/mol. The molecule has 26 heavy (non-hydrogen) atoms. The molecule has 0 spiro atoms. The lowest BCUT2D eigenvalue weighted by Gasteiger charge is -2.19. The Morgan fingerprint density at radius 1 is 1.27 bits per heavy atom. The maximum absolute atomic E-state index is 12.5. The van der Waals surface area contributed by atoms with E-state index in [1.165, 1.54) is 19.1 Å². The first-order valence-electron chi connectivity index (χ1n) is 8.06. The highest BCUT2D eigenvalue weighted by atomic mass is 32.2. The molecule has 1 aromatic carbocycles. The Morgan fingerprint density at radius 3 is 2.62 bits per heavy atom. The zero-order valence-electron chi connectivity index (χ0n) is 15.1. The number of carbonyl (C=O) groups is 3. The van der Waals surface area contributed by atoms with Crippen molar-refractivity contribution in [3.63, 3.8) is 0 Å². The molecule has 8 heteroatoms. The Balaban J connectivity index is 2.21. The van der Waals surface area contributed by atoms with Gasteiger partial charge in [-0.1, -0.05) is 13.0 Å². The van der Waals surface area contributed by atoms with Gasteiger partial charge >= 0.3 is 5.97 Å². The largest absolute Gasteiger partial charge is 0.493 e. The van der Waals surface area contributed by atoms with E-state index < -0.39 is 5.97 Å². The number of imide groups is 1. The van der Waals surface area contributed by atoms with Gasteiger partial charge in [-0.2, -0.15) is 0 Å². The molecule has 2 rings (SSSR count). The van der Waals surface area contributed by atoms with Crippen LogP contribution in [-0.4, -0.2) is 48.9 Å². The summed E-state index contributed by atoms with van der Waals surface area (Å²) in [7, 11) is 2.75. The summed E-state index contributed by atoms with van der Waals surface area (Å²) in [5, 5.41) is -0.263. The van der Waals surface area contributed by atoms with Crippen LogP contribution in [0, 0.1) is 0 Å². The molecule has 1 aromatic rings. The number of thioether (sulfide) groups is 1. The lowest BCUT2D eigenvalue weighted by atomic mass is 10.1. The Kier molecular flexibility index (Phi) is 6.68. The fourth-order valence-corrected chi connectivity index (χ4v) is 3.21. The number of nitrogens with zero attached hydrogens (tertiary/aromatic N) is 1. The van der Waals surface area contributed by atoms with Crippen molar-refractivity contribution >= 4 is 35.0 Å². The lowest BCUT2D eigenvalue weighted by molar-refractivity contribution is -0.143. The maximum Gasteiger partial charge on any atom is 0.343 e. The van der Waals surface area contributed by atoms with Gasteiger partial charge in [0.2, 0.25) is 0 Å². The average molecular weight is 379 g/mol. The molecule has 0 N–H and O–H groups in total. The third-order valence-electron chi connectivity index (χ3n) is 3.91. The Hall–Kier alpha value is -2.48. The van der Waals surface area contributed by atoms with Crippen LogP contribution in [0.2, 0.25) is 0 Å². The van der Waals surface area contributed by atoms with Gasteiger partial charge in [-0.3, -0.25) is 14.5 Å². The van der Waals surface area contributed by atoms with Gasteiger partial charge in [0.05, 0.1) is 19.1 Å². The van der Waals surface area contributed by atoms with Crippen molar-refractivity contribution in [3.05, 3.63) is 28.7 Å². The van der Waals surface area contributed by atoms with Gasteiger partial charge < -0.3 is 14.2 Å². The fourth-order valence-electron chi connectivity index (χ4n) is 2.28. The second-order valence-electron chi connectivity index (χ2n) is 5.58. The summed E-state index contributed by atoms with van der Waals surface area (Å²) in [5.74, 6) is -0.0132. The predicted octanol–water partition coefficient (Wildman–Crippen LogP) is 3.08. The third-order valence-corrected chi connectivity index (χ3v) is 4.80. The standard InChI is InChI=1S/C18H21NO6S/c1-5-11(2)19-17(21)15(26-18(19)22)9-12-6-7-13(14(8-12)23-3)25-10-16(20)24-4/h6-9,11H,5,10H2,1-4H3/b15-9+/t11-/m1/s1. The molecule has 1 fully saturated rings. The smallest absolute Gasteiger partial charge is 0.343 e. The number of esters is 1. The summed E-state index contributed by atoms with van der Waals surface area (Å²) in [6, 6.07) is 4.87. The van der Waals surface area contributed by atoms with Gasteiger partial charge in [0.1, 0.15) is 0 Å². The van der Waals surface area contributed by atoms with Crippen LogP contribution in [0.25, 0.3) is 6.08 Å². The summed E-state index contributed by atoms with van der Waals surface area (Å²) < 4.78 is 15.1. The maximum atomic E-state index is 12.5. The van der Waals surface area contributed by atoms with E-state index in [9.17, 15) is 14.4 Å². The third kappa shape index (κ3) is 4.37. The van der Waals surface area contributed by atoms with Gasteiger partial charge in [0.25, 0.3) is 11.1 Å². The zero-order chi connectivity index (χ0) is 19.3. The fraction of sp³-hybridized carbons (Fsp3) is 0.389. The molecule has 1 aliphatic heterocycles. The number of amides is 2. The van der Waals surface area contributed by atoms with Crippen LogP contribution in [0.3, 0.4) is 0 Å². The van der Waals surface area contributed by atoms with Crippen molar-refractivity contribution in [2.75, 3.05) is 20.8 Å². The molecule has 1 aliphatic rings. The van der Waals surface area contributed by atoms with E-state index in [0.29, 0.717) is 28.4 Å². The van der Waals surface area contributed by atoms with Crippen LogP contribution in [0.4, 0.5) is 4.79 Å². The highest BCUT2D eigenvalue weighted by Gasteiger charge is 2.37. The van der Waals surface area contributed by atoms with Crippen molar-refractivity contribution < 1.29 is 28.6 Å². The van der Waals surface area contributed by atoms with Crippen LogP contribution in [0.15, 0.2) is 23.1 Å². The highest BCUT2D eigenvalue weighted by molar-refractivity contribution is 8.18. The summed E-state index contributed by atoms with van der Waals surface area (Å²) in [6.07, 6.45) is 2.34. The normalized spacial score (nSPS) is 16.8. The summed E-state index contributed by atoms with van der Waals surface area (Å²) in [4.78, 5) is 37.4. The molecule has 1 heterocycles. The summed E-state index contributed by atoms with van der Waals surface area (Å²) in [6.45, 7) is 3.53. The van der Waals surface area contributed by atoms with Crippen molar-refractivity contribution in [2.45, 2.75) is 26.3 Å². The molecule has 0 saturated carbocycles. The van der Waals surface area contributed by atoms with Crippen LogP contribution in [0.5, 0.6) is 11.5 Å². The quantitative estimate of drug-likeness (QED) is 0.532. The minimum absolute atomic E-state index is 0.142. The lowest BCUT2D eigenvalue weighted by Crippen LogP contribution is -2.36. The van der Waals surface area contributed by atoms with E-state index in [-0.39, 0.29) is 23.8 Å². The van der Waals surface area contributed by atoms with Gasteiger partial charge in [-0.15, -0.1) is 0 Å². The number of hydrogen-bond donors (Lipinski definition) is 0. The van der Waals surface area contributed by atoms with Gasteiger partial charge in [-0.25, -0.2) is 4.79 Å². The van der Waals surface area contributed by atoms with E-state index in [2.05, 4.69) is 4.74 Å². The molecule has 2 amide bonds. The molecular weight excluding hydrogens is 358 g/mol. The summed E-state index contributed by atoms with van der Waals surface area (Å²) >= 11 is 0.920. The number of benzene rings is 1. The number of carbonyl (C=O) groups excluding carboxylic acids is 3. The molecule has 0 unspecified atom stereocenters. The van der Waals surface area contributed by atoms with Crippen LogP contribution >= 0.6 is 11.8 Å². The van der Waals surface area contributed by atoms with Crippen LogP contribution in [-0.2, 0) is 14.3 Å². The molecule has 1 saturated heterocycles. The number of ether oxygens (including phenoxy) is 3. The van der Waals surface area contributed by atoms with Crippen molar-refractivity contribution in [1.29, 1.82) is 0 Å². The SMILES string of the molecule is CC[C@@H](C)N1C(=O)S/C(=C/c2ccc(OCC(=O)OC)c(OC)c2)C1=O. The molecule has 7 nitrogen and oxygen atoms in total. The number of hydrogen-bond acceptors (Lipinski definition) is 7. The molecule has 0 bridgehead atoms. The van der Waals surface area contributed by atoms with Crippen LogP contribution < -0.4 is 9.47 Å². The molecule has 0 radical (unpaired) electrons. The molecular formula is C18H21NO6S. The minimum atomic E-state index is -0.505. The van der Waals surface area contributed by atoms with Gasteiger partial charge in [-0.05, 0) is 48.9 Å². The minimum Gasteiger partial charge on any atom is -0.493 e. The molecule has 1 atom stereocenters. The second-order valence-corrected chi connectivity index (χ2v) is 6.58. The molecule has 0 aromatic heterocycles. The van der Waals surface area contributed by atoms with Crippen molar-refractivity contribution in [2.24, 2.45) is 0 Å². The monoisotopic (exact) mass is 379 g/mol. The first kappa shape index (κ1) is 19.8. The second kappa shape index (κ2) is 8.75.